The van der Waals surface area contributed by atoms with Crippen molar-refractivity contribution in [2.75, 3.05) is 6.54 Å². The summed E-state index contributed by atoms with van der Waals surface area (Å²) in [6, 6.07) is 0. The van der Waals surface area contributed by atoms with Crippen LogP contribution in [0.15, 0.2) is 0 Å². The number of nitrogens with two attached hydrogens (primary N) is 1. The SMILES string of the molecule is [2H]C([2H])(CN)C([2H])([2H])CCCCCC. The van der Waals surface area contributed by atoms with Gasteiger partial charge in [0, 0.05) is 5.48 Å². The Morgan fingerprint density at radius 3 is 2.40 bits per heavy atom. The van der Waals surface area contributed by atoms with Gasteiger partial charge in [0.2, 0.25) is 0 Å². The maximum atomic E-state index is 7.58. The normalized spacial score (nSPS) is 19.0. The molecule has 0 saturated heterocycles. The van der Waals surface area contributed by atoms with E-state index in [1.54, 1.807) is 0 Å². The third-order valence-electron chi connectivity index (χ3n) is 1.38. The van der Waals surface area contributed by atoms with E-state index >= 15 is 0 Å². The van der Waals surface area contributed by atoms with Gasteiger partial charge in [0.1, 0.15) is 0 Å². The van der Waals surface area contributed by atoms with Crippen LogP contribution in [0, 0.1) is 0 Å². The lowest BCUT2D eigenvalue weighted by atomic mass is 10.1. The molecular weight excluding hydrogens is 122 g/mol. The molecule has 0 radical (unpaired) electrons. The molecule has 2 N–H and O–H groups in total. The summed E-state index contributed by atoms with van der Waals surface area (Å²) in [5.74, 6) is 0. The number of unbranched alkanes of at least 4 members (excludes halogenated alkanes) is 3. The summed E-state index contributed by atoms with van der Waals surface area (Å²) in [6.07, 6.45) is 0.456. The Labute approximate surface area is 70.6 Å². The molecule has 0 aromatic carbocycles. The zero-order chi connectivity index (χ0) is 11.2. The minimum absolute atomic E-state index is 0.256. The van der Waals surface area contributed by atoms with E-state index in [1.165, 1.54) is 0 Å². The quantitative estimate of drug-likeness (QED) is 0.550. The molecule has 0 aliphatic rings. The van der Waals surface area contributed by atoms with Crippen molar-refractivity contribution >= 4 is 0 Å². The topological polar surface area (TPSA) is 26.0 Å². The van der Waals surface area contributed by atoms with Crippen LogP contribution in [0.2, 0.25) is 0 Å². The van der Waals surface area contributed by atoms with Crippen LogP contribution in [0.4, 0.5) is 0 Å². The lowest BCUT2D eigenvalue weighted by Gasteiger charge is -1.97. The monoisotopic (exact) mass is 147 g/mol. The highest BCUT2D eigenvalue weighted by Crippen LogP contribution is 2.05. The van der Waals surface area contributed by atoms with Crippen LogP contribution in [0.1, 0.15) is 57.3 Å². The van der Waals surface area contributed by atoms with E-state index in [1.807, 2.05) is 0 Å². The summed E-state index contributed by atoms with van der Waals surface area (Å²) >= 11 is 0. The highest BCUT2D eigenvalue weighted by molar-refractivity contribution is 4.44. The number of rotatable bonds is 7. The van der Waals surface area contributed by atoms with Crippen LogP contribution in [0.25, 0.3) is 0 Å². The van der Waals surface area contributed by atoms with Gasteiger partial charge in [-0.1, -0.05) is 45.4 Å². The molecule has 0 rings (SSSR count). The van der Waals surface area contributed by atoms with Gasteiger partial charge >= 0.3 is 0 Å². The zero-order valence-electron chi connectivity index (χ0n) is 10.8. The van der Waals surface area contributed by atoms with Crippen molar-refractivity contribution < 1.29 is 5.48 Å². The zero-order valence-corrected chi connectivity index (χ0v) is 6.82. The molecule has 0 saturated carbocycles. The highest BCUT2D eigenvalue weighted by atomic mass is 14.5. The lowest BCUT2D eigenvalue weighted by molar-refractivity contribution is 0.593. The van der Waals surface area contributed by atoms with Gasteiger partial charge in [0.05, 0.1) is 0 Å². The first kappa shape index (κ1) is 4.76. The fourth-order valence-corrected chi connectivity index (χ4v) is 0.801. The van der Waals surface area contributed by atoms with Crippen molar-refractivity contribution in [3.05, 3.63) is 0 Å². The van der Waals surface area contributed by atoms with E-state index in [0.29, 0.717) is 0 Å². The Kier molecular flexibility index (Phi) is 4.27. The average molecular weight is 147 g/mol. The first-order valence-corrected chi connectivity index (χ1v) is 4.07. The van der Waals surface area contributed by atoms with E-state index in [2.05, 4.69) is 6.92 Å². The van der Waals surface area contributed by atoms with E-state index in [9.17, 15) is 0 Å². The smallest absolute Gasteiger partial charge is 0.0279 e. The van der Waals surface area contributed by atoms with Gasteiger partial charge in [-0.3, -0.25) is 0 Å². The molecule has 0 fully saturated rings. The van der Waals surface area contributed by atoms with Crippen LogP contribution in [-0.2, 0) is 0 Å². The molecule has 0 amide bonds. The van der Waals surface area contributed by atoms with Gasteiger partial charge in [-0.25, -0.2) is 0 Å². The first-order chi connectivity index (χ1) is 6.37. The molecule has 0 aliphatic heterocycles. The van der Waals surface area contributed by atoms with Crippen molar-refractivity contribution in [2.45, 2.75) is 51.8 Å². The molecule has 0 atom stereocenters. The predicted molar refractivity (Wildman–Crippen MR) is 47.0 cm³/mol. The maximum Gasteiger partial charge on any atom is 0.0279 e. The second-order valence-corrected chi connectivity index (χ2v) is 2.37. The Morgan fingerprint density at radius 2 is 1.80 bits per heavy atom. The molecule has 10 heavy (non-hydrogen) atoms. The molecular formula is C9H21N. The summed E-state index contributed by atoms with van der Waals surface area (Å²) < 4.78 is 30.0. The van der Waals surface area contributed by atoms with E-state index < -0.39 is 12.7 Å². The number of hydrogen-bond donors (Lipinski definition) is 1. The number of hydrogen-bond acceptors (Lipinski definition) is 1. The molecule has 0 aromatic rings. The fraction of sp³-hybridized carbons (Fsp3) is 1.00. The Bertz CT molecular complexity index is 159. The molecule has 1 heteroatoms. The molecule has 0 unspecified atom stereocenters. The second kappa shape index (κ2) is 8.96. The van der Waals surface area contributed by atoms with Crippen molar-refractivity contribution in [3.63, 3.8) is 0 Å². The van der Waals surface area contributed by atoms with Gasteiger partial charge < -0.3 is 5.73 Å². The van der Waals surface area contributed by atoms with Crippen LogP contribution in [0.5, 0.6) is 0 Å². The van der Waals surface area contributed by atoms with E-state index in [4.69, 9.17) is 11.2 Å². The third-order valence-corrected chi connectivity index (χ3v) is 1.38. The molecule has 0 aliphatic carbocycles. The van der Waals surface area contributed by atoms with Gasteiger partial charge in [-0.2, -0.15) is 0 Å². The third kappa shape index (κ3) is 7.96. The van der Waals surface area contributed by atoms with Crippen LogP contribution in [-0.4, -0.2) is 6.54 Å². The molecule has 62 valence electrons. The summed E-state index contributed by atoms with van der Waals surface area (Å²) in [7, 11) is 0. The van der Waals surface area contributed by atoms with Gasteiger partial charge in [-0.05, 0) is 12.9 Å². The Morgan fingerprint density at radius 1 is 1.10 bits per heavy atom. The minimum Gasteiger partial charge on any atom is -0.330 e. The first-order valence-electron chi connectivity index (χ1n) is 6.07. The Hall–Kier alpha value is -0.0400. The van der Waals surface area contributed by atoms with Crippen molar-refractivity contribution in [1.82, 2.24) is 0 Å². The summed E-state index contributed by atoms with van der Waals surface area (Å²) in [6.45, 7) is 1.83. The fourth-order valence-electron chi connectivity index (χ4n) is 0.801. The maximum absolute atomic E-state index is 7.58. The molecule has 0 heterocycles. The van der Waals surface area contributed by atoms with Crippen LogP contribution in [0.3, 0.4) is 0 Å². The minimum atomic E-state index is -1.90. The summed E-state index contributed by atoms with van der Waals surface area (Å²) in [5.41, 5.74) is 5.21. The molecule has 0 bridgehead atoms. The average Bonchev–Trinajstić information content (AvgIpc) is 2.12. The van der Waals surface area contributed by atoms with Gasteiger partial charge in [-0.15, -0.1) is 0 Å². The van der Waals surface area contributed by atoms with Crippen molar-refractivity contribution in [2.24, 2.45) is 5.73 Å². The van der Waals surface area contributed by atoms with Crippen molar-refractivity contribution in [1.29, 1.82) is 0 Å². The Balaban J connectivity index is 3.94. The predicted octanol–water partition coefficient (Wildman–Crippen LogP) is 2.70. The summed E-state index contributed by atoms with van der Waals surface area (Å²) in [4.78, 5) is 0. The van der Waals surface area contributed by atoms with Gasteiger partial charge in [0.15, 0.2) is 0 Å². The molecule has 1 nitrogen and oxygen atoms in total. The standard InChI is InChI=1S/C9H21N/c1-2-3-4-5-6-7-8-9-10/h2-10H2,1H3/i7D2,8D2. The lowest BCUT2D eigenvalue weighted by Crippen LogP contribution is -1.97. The second-order valence-electron chi connectivity index (χ2n) is 2.37. The van der Waals surface area contributed by atoms with Crippen LogP contribution >= 0.6 is 0 Å². The van der Waals surface area contributed by atoms with E-state index in [0.717, 1.165) is 25.7 Å². The van der Waals surface area contributed by atoms with Gasteiger partial charge in [0.25, 0.3) is 0 Å². The molecule has 0 spiro atoms. The highest BCUT2D eigenvalue weighted by Gasteiger charge is 1.87. The van der Waals surface area contributed by atoms with Crippen LogP contribution < -0.4 is 5.73 Å². The van der Waals surface area contributed by atoms with E-state index in [-0.39, 0.29) is 13.0 Å². The summed E-state index contributed by atoms with van der Waals surface area (Å²) in [5, 5.41) is 0. The van der Waals surface area contributed by atoms with Crippen molar-refractivity contribution in [3.8, 4) is 0 Å². The largest absolute Gasteiger partial charge is 0.330 e. The molecule has 0 aromatic heterocycles.